The molecule has 164 valence electrons. The molecule has 0 saturated carbocycles. The zero-order valence-electron chi connectivity index (χ0n) is 18.4. The summed E-state index contributed by atoms with van der Waals surface area (Å²) in [4.78, 5) is 16.8. The van der Waals surface area contributed by atoms with Crippen molar-refractivity contribution in [1.29, 1.82) is 0 Å². The van der Waals surface area contributed by atoms with E-state index in [0.717, 1.165) is 30.2 Å². The predicted octanol–water partition coefficient (Wildman–Crippen LogP) is 5.27. The van der Waals surface area contributed by atoms with Gasteiger partial charge in [0.15, 0.2) is 0 Å². The van der Waals surface area contributed by atoms with Crippen LogP contribution in [0.1, 0.15) is 39.0 Å². The molecular formula is C23H30F3N3O. The van der Waals surface area contributed by atoms with Crippen molar-refractivity contribution in [3.8, 4) is 0 Å². The Morgan fingerprint density at radius 3 is 2.20 bits per heavy atom. The predicted molar refractivity (Wildman–Crippen MR) is 116 cm³/mol. The van der Waals surface area contributed by atoms with Gasteiger partial charge in [-0.2, -0.15) is 13.2 Å². The number of carbonyl (C=O) groups is 1. The highest BCUT2D eigenvalue weighted by Crippen LogP contribution is 2.39. The molecule has 0 aliphatic rings. The SMILES string of the molecule is Cc1ccc(C(=O)Nc2c(N(C)CCCN(C)C)ccc(C(F)(F)F)c2C)cc1C. The summed E-state index contributed by atoms with van der Waals surface area (Å²) in [5.41, 5.74) is 2.43. The average Bonchev–Trinajstić information content (AvgIpc) is 2.63. The highest BCUT2D eigenvalue weighted by atomic mass is 19.4. The van der Waals surface area contributed by atoms with E-state index in [1.165, 1.54) is 13.0 Å². The fraction of sp³-hybridized carbons (Fsp3) is 0.435. The van der Waals surface area contributed by atoms with E-state index in [2.05, 4.69) is 5.32 Å². The molecule has 0 aliphatic carbocycles. The number of hydrogen-bond acceptors (Lipinski definition) is 3. The van der Waals surface area contributed by atoms with Gasteiger partial charge in [0.25, 0.3) is 5.91 Å². The van der Waals surface area contributed by atoms with Crippen LogP contribution in [-0.2, 0) is 6.18 Å². The van der Waals surface area contributed by atoms with Crippen LogP contribution in [0.2, 0.25) is 0 Å². The van der Waals surface area contributed by atoms with Crippen LogP contribution in [0.15, 0.2) is 30.3 Å². The number of nitrogens with zero attached hydrogens (tertiary/aromatic N) is 2. The molecule has 0 spiro atoms. The summed E-state index contributed by atoms with van der Waals surface area (Å²) in [6.45, 7) is 6.74. The lowest BCUT2D eigenvalue weighted by Crippen LogP contribution is -2.26. The zero-order chi connectivity index (χ0) is 22.6. The lowest BCUT2D eigenvalue weighted by molar-refractivity contribution is -0.138. The Balaban J connectivity index is 2.42. The first-order valence-electron chi connectivity index (χ1n) is 9.87. The maximum atomic E-state index is 13.5. The van der Waals surface area contributed by atoms with Crippen molar-refractivity contribution >= 4 is 17.3 Å². The van der Waals surface area contributed by atoms with Gasteiger partial charge in [0.05, 0.1) is 16.9 Å². The largest absolute Gasteiger partial charge is 0.416 e. The Hall–Kier alpha value is -2.54. The molecule has 0 atom stereocenters. The van der Waals surface area contributed by atoms with Crippen LogP contribution in [-0.4, -0.2) is 45.0 Å². The van der Waals surface area contributed by atoms with Crippen molar-refractivity contribution in [3.05, 3.63) is 58.1 Å². The van der Waals surface area contributed by atoms with E-state index in [1.807, 2.05) is 50.9 Å². The van der Waals surface area contributed by atoms with Crippen molar-refractivity contribution < 1.29 is 18.0 Å². The van der Waals surface area contributed by atoms with E-state index in [4.69, 9.17) is 0 Å². The van der Waals surface area contributed by atoms with Gasteiger partial charge in [-0.15, -0.1) is 0 Å². The Bertz CT molecular complexity index is 907. The van der Waals surface area contributed by atoms with Crippen LogP contribution >= 0.6 is 0 Å². The molecular weight excluding hydrogens is 391 g/mol. The third-order valence-electron chi connectivity index (χ3n) is 5.27. The van der Waals surface area contributed by atoms with Crippen LogP contribution in [0.25, 0.3) is 0 Å². The summed E-state index contributed by atoms with van der Waals surface area (Å²) in [5, 5.41) is 2.74. The van der Waals surface area contributed by atoms with Gasteiger partial charge in [0.1, 0.15) is 0 Å². The van der Waals surface area contributed by atoms with Gasteiger partial charge in [-0.3, -0.25) is 4.79 Å². The lowest BCUT2D eigenvalue weighted by atomic mass is 10.0. The molecule has 0 bridgehead atoms. The van der Waals surface area contributed by atoms with Crippen molar-refractivity contribution in [2.24, 2.45) is 0 Å². The van der Waals surface area contributed by atoms with Crippen molar-refractivity contribution in [1.82, 2.24) is 4.90 Å². The standard InChI is InChI=1S/C23H30F3N3O/c1-15-8-9-18(14-16(15)2)22(30)27-21-17(3)19(23(24,25)26)10-11-20(21)29(6)13-7-12-28(4)5/h8-11,14H,7,12-13H2,1-6H3,(H,27,30). The maximum Gasteiger partial charge on any atom is 0.416 e. The summed E-state index contributed by atoms with van der Waals surface area (Å²) in [6.07, 6.45) is -3.65. The number of benzene rings is 2. The second-order valence-electron chi connectivity index (χ2n) is 7.96. The second-order valence-corrected chi connectivity index (χ2v) is 7.96. The molecule has 1 N–H and O–H groups in total. The van der Waals surface area contributed by atoms with Gasteiger partial charge in [0, 0.05) is 19.2 Å². The Kier molecular flexibility index (Phi) is 7.53. The van der Waals surface area contributed by atoms with Crippen LogP contribution in [0.4, 0.5) is 24.5 Å². The first kappa shape index (κ1) is 23.7. The molecule has 0 aromatic heterocycles. The number of hydrogen-bond donors (Lipinski definition) is 1. The fourth-order valence-electron chi connectivity index (χ4n) is 3.29. The Labute approximate surface area is 176 Å². The summed E-state index contributed by atoms with van der Waals surface area (Å²) < 4.78 is 40.4. The van der Waals surface area contributed by atoms with Crippen LogP contribution < -0.4 is 10.2 Å². The summed E-state index contributed by atoms with van der Waals surface area (Å²) in [7, 11) is 5.76. The number of halogens is 3. The van der Waals surface area contributed by atoms with Crippen LogP contribution in [0.3, 0.4) is 0 Å². The Morgan fingerprint density at radius 2 is 1.63 bits per heavy atom. The summed E-state index contributed by atoms with van der Waals surface area (Å²) >= 11 is 0. The molecule has 4 nitrogen and oxygen atoms in total. The van der Waals surface area contributed by atoms with Gasteiger partial charge in [-0.25, -0.2) is 0 Å². The number of anilines is 2. The van der Waals surface area contributed by atoms with Crippen molar-refractivity contribution in [2.45, 2.75) is 33.4 Å². The van der Waals surface area contributed by atoms with Crippen molar-refractivity contribution in [3.63, 3.8) is 0 Å². The Morgan fingerprint density at radius 1 is 0.967 bits per heavy atom. The first-order valence-corrected chi connectivity index (χ1v) is 9.87. The molecule has 2 rings (SSSR count). The minimum absolute atomic E-state index is 0.0108. The van der Waals surface area contributed by atoms with Gasteiger partial charge >= 0.3 is 6.18 Å². The van der Waals surface area contributed by atoms with Crippen LogP contribution in [0, 0.1) is 20.8 Å². The van der Waals surface area contributed by atoms with E-state index >= 15 is 0 Å². The number of aryl methyl sites for hydroxylation is 2. The number of rotatable bonds is 7. The molecule has 30 heavy (non-hydrogen) atoms. The van der Waals surface area contributed by atoms with Crippen LogP contribution in [0.5, 0.6) is 0 Å². The molecule has 7 heteroatoms. The normalized spacial score (nSPS) is 11.7. The van der Waals surface area contributed by atoms with E-state index in [0.29, 0.717) is 17.8 Å². The lowest BCUT2D eigenvalue weighted by Gasteiger charge is -2.26. The summed E-state index contributed by atoms with van der Waals surface area (Å²) in [5.74, 6) is -0.427. The number of carbonyl (C=O) groups excluding carboxylic acids is 1. The minimum atomic E-state index is -4.49. The van der Waals surface area contributed by atoms with Crippen molar-refractivity contribution in [2.75, 3.05) is 44.4 Å². The summed E-state index contributed by atoms with van der Waals surface area (Å²) in [6, 6.07) is 7.77. The molecule has 0 fully saturated rings. The number of amides is 1. The van der Waals surface area contributed by atoms with Gasteiger partial charge < -0.3 is 15.1 Å². The zero-order valence-corrected chi connectivity index (χ0v) is 18.4. The van der Waals surface area contributed by atoms with E-state index in [1.54, 1.807) is 12.1 Å². The van der Waals surface area contributed by atoms with E-state index in [9.17, 15) is 18.0 Å². The molecule has 2 aromatic carbocycles. The molecule has 0 unspecified atom stereocenters. The quantitative estimate of drug-likeness (QED) is 0.662. The average molecular weight is 422 g/mol. The van der Waals surface area contributed by atoms with Gasteiger partial charge in [-0.1, -0.05) is 6.07 Å². The first-order chi connectivity index (χ1) is 13.9. The van der Waals surface area contributed by atoms with Gasteiger partial charge in [0.2, 0.25) is 0 Å². The third-order valence-corrected chi connectivity index (χ3v) is 5.27. The third kappa shape index (κ3) is 5.75. The van der Waals surface area contributed by atoms with Gasteiger partial charge in [-0.05, 0) is 88.8 Å². The van der Waals surface area contributed by atoms with E-state index < -0.39 is 17.6 Å². The molecule has 0 radical (unpaired) electrons. The number of alkyl halides is 3. The topological polar surface area (TPSA) is 35.6 Å². The molecule has 1 amide bonds. The molecule has 2 aromatic rings. The molecule has 0 heterocycles. The fourth-order valence-corrected chi connectivity index (χ4v) is 3.29. The molecule has 0 aliphatic heterocycles. The highest BCUT2D eigenvalue weighted by Gasteiger charge is 2.34. The number of nitrogens with one attached hydrogen (secondary N) is 1. The second kappa shape index (κ2) is 9.51. The molecule has 0 saturated heterocycles. The highest BCUT2D eigenvalue weighted by molar-refractivity contribution is 6.06. The minimum Gasteiger partial charge on any atom is -0.373 e. The smallest absolute Gasteiger partial charge is 0.373 e. The monoisotopic (exact) mass is 421 g/mol. The maximum absolute atomic E-state index is 13.5. The van der Waals surface area contributed by atoms with E-state index in [-0.39, 0.29) is 11.3 Å².